The van der Waals surface area contributed by atoms with Crippen molar-refractivity contribution in [2.24, 2.45) is 0 Å². The largest absolute Gasteiger partial charge is 0.392 e. The van der Waals surface area contributed by atoms with Crippen molar-refractivity contribution in [2.45, 2.75) is 19.6 Å². The van der Waals surface area contributed by atoms with Gasteiger partial charge in [0.1, 0.15) is 0 Å². The van der Waals surface area contributed by atoms with Gasteiger partial charge in [-0.1, -0.05) is 28.9 Å². The van der Waals surface area contributed by atoms with E-state index in [9.17, 15) is 5.11 Å². The molecule has 0 radical (unpaired) electrons. The van der Waals surface area contributed by atoms with Crippen molar-refractivity contribution >= 4 is 11.6 Å². The summed E-state index contributed by atoms with van der Waals surface area (Å²) in [5, 5.41) is 13.8. The highest BCUT2D eigenvalue weighted by Crippen LogP contribution is 2.24. The number of likely N-dealkylation sites (N-methyl/N-ethyl adjacent to an activating group) is 1. The van der Waals surface area contributed by atoms with Crippen LogP contribution in [-0.2, 0) is 6.54 Å². The molecule has 0 aliphatic carbocycles. The quantitative estimate of drug-likeness (QED) is 0.910. The van der Waals surface area contributed by atoms with Gasteiger partial charge < -0.3 is 9.63 Å². The maximum Gasteiger partial charge on any atom is 0.241 e. The van der Waals surface area contributed by atoms with Gasteiger partial charge in [-0.25, -0.2) is 0 Å². The summed E-state index contributed by atoms with van der Waals surface area (Å²) < 4.78 is 5.18. The summed E-state index contributed by atoms with van der Waals surface area (Å²) >= 11 is 6.08. The molecular weight excluding hydrogens is 266 g/mol. The van der Waals surface area contributed by atoms with E-state index in [0.29, 0.717) is 29.8 Å². The van der Waals surface area contributed by atoms with Gasteiger partial charge >= 0.3 is 0 Å². The van der Waals surface area contributed by atoms with E-state index in [1.807, 2.05) is 30.1 Å². The molecule has 2 aromatic rings. The molecule has 0 fully saturated rings. The molecule has 0 amide bonds. The van der Waals surface area contributed by atoms with Gasteiger partial charge in [-0.3, -0.25) is 4.90 Å². The standard InChI is InChI=1S/C13H16ClN3O2/c1-9(18)7-17(2)8-12-15-13(16-19-12)10-5-3-4-6-11(10)14/h3-6,9,18H,7-8H2,1-2H3. The Morgan fingerprint density at radius 3 is 2.84 bits per heavy atom. The highest BCUT2D eigenvalue weighted by Gasteiger charge is 2.13. The zero-order valence-electron chi connectivity index (χ0n) is 10.9. The molecule has 1 N–H and O–H groups in total. The van der Waals surface area contributed by atoms with E-state index in [1.54, 1.807) is 13.0 Å². The van der Waals surface area contributed by atoms with Gasteiger partial charge in [-0.15, -0.1) is 0 Å². The molecule has 1 aromatic carbocycles. The second-order valence-corrected chi connectivity index (χ2v) is 4.94. The molecule has 0 aliphatic rings. The minimum absolute atomic E-state index is 0.393. The first kappa shape index (κ1) is 14.0. The Balaban J connectivity index is 2.09. The number of halogens is 1. The molecule has 19 heavy (non-hydrogen) atoms. The van der Waals surface area contributed by atoms with Crippen LogP contribution in [0.4, 0.5) is 0 Å². The molecule has 0 bridgehead atoms. The third kappa shape index (κ3) is 3.76. The van der Waals surface area contributed by atoms with Crippen LogP contribution in [0.1, 0.15) is 12.8 Å². The molecule has 0 aliphatic heterocycles. The van der Waals surface area contributed by atoms with Crippen LogP contribution in [0.25, 0.3) is 11.4 Å². The minimum Gasteiger partial charge on any atom is -0.392 e. The lowest BCUT2D eigenvalue weighted by molar-refractivity contribution is 0.131. The number of nitrogens with zero attached hydrogens (tertiary/aromatic N) is 3. The van der Waals surface area contributed by atoms with Gasteiger partial charge in [0.25, 0.3) is 0 Å². The summed E-state index contributed by atoms with van der Waals surface area (Å²) in [5.74, 6) is 0.976. The lowest BCUT2D eigenvalue weighted by Gasteiger charge is -2.15. The van der Waals surface area contributed by atoms with Crippen molar-refractivity contribution in [2.75, 3.05) is 13.6 Å². The number of aliphatic hydroxyl groups excluding tert-OH is 1. The maximum atomic E-state index is 9.29. The van der Waals surface area contributed by atoms with E-state index >= 15 is 0 Å². The van der Waals surface area contributed by atoms with Crippen molar-refractivity contribution < 1.29 is 9.63 Å². The Hall–Kier alpha value is -1.43. The predicted molar refractivity (Wildman–Crippen MR) is 72.8 cm³/mol. The highest BCUT2D eigenvalue weighted by atomic mass is 35.5. The van der Waals surface area contributed by atoms with Crippen molar-refractivity contribution in [1.29, 1.82) is 0 Å². The van der Waals surface area contributed by atoms with E-state index in [4.69, 9.17) is 16.1 Å². The molecule has 0 saturated carbocycles. The van der Waals surface area contributed by atoms with E-state index in [-0.39, 0.29) is 0 Å². The summed E-state index contributed by atoms with van der Waals surface area (Å²) in [5.41, 5.74) is 0.748. The Labute approximate surface area is 116 Å². The maximum absolute atomic E-state index is 9.29. The number of hydrogen-bond donors (Lipinski definition) is 1. The third-order valence-electron chi connectivity index (χ3n) is 2.56. The fourth-order valence-corrected chi connectivity index (χ4v) is 2.04. The smallest absolute Gasteiger partial charge is 0.241 e. The fraction of sp³-hybridized carbons (Fsp3) is 0.385. The molecule has 2 rings (SSSR count). The lowest BCUT2D eigenvalue weighted by Crippen LogP contribution is -2.26. The van der Waals surface area contributed by atoms with Crippen molar-refractivity contribution in [3.63, 3.8) is 0 Å². The normalized spacial score (nSPS) is 12.9. The fourth-order valence-electron chi connectivity index (χ4n) is 1.82. The highest BCUT2D eigenvalue weighted by molar-refractivity contribution is 6.33. The summed E-state index contributed by atoms with van der Waals surface area (Å²) in [4.78, 5) is 6.21. The molecule has 0 saturated heterocycles. The first-order chi connectivity index (χ1) is 9.06. The van der Waals surface area contributed by atoms with Gasteiger partial charge in [0, 0.05) is 12.1 Å². The Morgan fingerprint density at radius 2 is 2.16 bits per heavy atom. The van der Waals surface area contributed by atoms with Crippen LogP contribution in [0.15, 0.2) is 28.8 Å². The van der Waals surface area contributed by atoms with E-state index in [1.165, 1.54) is 0 Å². The second-order valence-electron chi connectivity index (χ2n) is 4.54. The van der Waals surface area contributed by atoms with Crippen molar-refractivity contribution in [3.8, 4) is 11.4 Å². The molecule has 1 heterocycles. The number of aromatic nitrogens is 2. The predicted octanol–water partition coefficient (Wildman–Crippen LogP) is 2.20. The minimum atomic E-state index is -0.393. The molecule has 0 spiro atoms. The zero-order valence-corrected chi connectivity index (χ0v) is 11.6. The summed E-state index contributed by atoms with van der Waals surface area (Å²) in [6.45, 7) is 2.77. The Bertz CT molecular complexity index is 542. The van der Waals surface area contributed by atoms with E-state index < -0.39 is 6.10 Å². The van der Waals surface area contributed by atoms with Crippen LogP contribution in [-0.4, -0.2) is 39.8 Å². The van der Waals surface area contributed by atoms with Crippen LogP contribution < -0.4 is 0 Å². The molecule has 1 atom stereocenters. The van der Waals surface area contributed by atoms with Crippen molar-refractivity contribution in [1.82, 2.24) is 15.0 Å². The number of aliphatic hydroxyl groups is 1. The molecule has 102 valence electrons. The molecule has 6 heteroatoms. The summed E-state index contributed by atoms with van der Waals surface area (Å²) in [6, 6.07) is 7.35. The van der Waals surface area contributed by atoms with E-state index in [0.717, 1.165) is 5.56 Å². The molecular formula is C13H16ClN3O2. The number of benzene rings is 1. The second kappa shape index (κ2) is 6.14. The van der Waals surface area contributed by atoms with Crippen LogP contribution in [0.3, 0.4) is 0 Å². The van der Waals surface area contributed by atoms with Gasteiger partial charge in [0.2, 0.25) is 11.7 Å². The SMILES string of the molecule is CC(O)CN(C)Cc1nc(-c2ccccc2Cl)no1. The first-order valence-electron chi connectivity index (χ1n) is 6.00. The van der Waals surface area contributed by atoms with E-state index in [2.05, 4.69) is 10.1 Å². The van der Waals surface area contributed by atoms with Crippen LogP contribution >= 0.6 is 11.6 Å². The molecule has 1 unspecified atom stereocenters. The zero-order chi connectivity index (χ0) is 13.8. The Morgan fingerprint density at radius 1 is 1.42 bits per heavy atom. The first-order valence-corrected chi connectivity index (χ1v) is 6.38. The van der Waals surface area contributed by atoms with Gasteiger partial charge in [-0.2, -0.15) is 4.98 Å². The Kier molecular flexibility index (Phi) is 4.52. The lowest BCUT2D eigenvalue weighted by atomic mass is 10.2. The molecule has 5 nitrogen and oxygen atoms in total. The monoisotopic (exact) mass is 281 g/mol. The third-order valence-corrected chi connectivity index (χ3v) is 2.89. The average Bonchev–Trinajstić information content (AvgIpc) is 2.76. The average molecular weight is 282 g/mol. The van der Waals surface area contributed by atoms with Gasteiger partial charge in [0.15, 0.2) is 0 Å². The van der Waals surface area contributed by atoms with Gasteiger partial charge in [0.05, 0.1) is 17.7 Å². The van der Waals surface area contributed by atoms with Crippen LogP contribution in [0.2, 0.25) is 5.02 Å². The van der Waals surface area contributed by atoms with Crippen molar-refractivity contribution in [3.05, 3.63) is 35.2 Å². The molecule has 1 aromatic heterocycles. The number of hydrogen-bond acceptors (Lipinski definition) is 5. The van der Waals surface area contributed by atoms with Crippen LogP contribution in [0.5, 0.6) is 0 Å². The summed E-state index contributed by atoms with van der Waals surface area (Å²) in [7, 11) is 1.88. The topological polar surface area (TPSA) is 62.4 Å². The van der Waals surface area contributed by atoms with Gasteiger partial charge in [-0.05, 0) is 26.1 Å². The number of rotatable bonds is 5. The van der Waals surface area contributed by atoms with Crippen LogP contribution in [0, 0.1) is 0 Å². The summed E-state index contributed by atoms with van der Waals surface area (Å²) in [6.07, 6.45) is -0.393.